The molecular formula is C15H23NO3. The van der Waals surface area contributed by atoms with Gasteiger partial charge in [0.05, 0.1) is 5.54 Å². The van der Waals surface area contributed by atoms with Crippen LogP contribution < -0.4 is 0 Å². The Morgan fingerprint density at radius 2 is 2.26 bits per heavy atom. The number of ether oxygens (including phenoxy) is 1. The predicted molar refractivity (Wildman–Crippen MR) is 72.6 cm³/mol. The summed E-state index contributed by atoms with van der Waals surface area (Å²) in [5, 5.41) is 0. The Morgan fingerprint density at radius 3 is 2.84 bits per heavy atom. The van der Waals surface area contributed by atoms with Gasteiger partial charge in [-0.3, -0.25) is 4.79 Å². The highest BCUT2D eigenvalue weighted by Crippen LogP contribution is 2.50. The van der Waals surface area contributed by atoms with Gasteiger partial charge < -0.3 is 4.74 Å². The molecule has 1 saturated heterocycles. The molecule has 19 heavy (non-hydrogen) atoms. The second-order valence-corrected chi connectivity index (χ2v) is 6.60. The van der Waals surface area contributed by atoms with Crippen molar-refractivity contribution in [2.24, 2.45) is 5.92 Å². The van der Waals surface area contributed by atoms with E-state index in [4.69, 9.17) is 4.74 Å². The van der Waals surface area contributed by atoms with Gasteiger partial charge in [0.15, 0.2) is 0 Å². The average molecular weight is 265 g/mol. The largest absolute Gasteiger partial charge is 0.443 e. The van der Waals surface area contributed by atoms with Gasteiger partial charge in [-0.1, -0.05) is 12.5 Å². The average Bonchev–Trinajstić information content (AvgIpc) is 2.69. The van der Waals surface area contributed by atoms with E-state index in [-0.39, 0.29) is 17.4 Å². The lowest BCUT2D eigenvalue weighted by atomic mass is 9.85. The van der Waals surface area contributed by atoms with Crippen molar-refractivity contribution < 1.29 is 14.3 Å². The summed E-state index contributed by atoms with van der Waals surface area (Å²) in [7, 11) is 0. The van der Waals surface area contributed by atoms with Crippen LogP contribution in [-0.2, 0) is 9.53 Å². The number of fused-ring (bicyclic) bond motifs is 1. The molecule has 0 radical (unpaired) electrons. The fourth-order valence-corrected chi connectivity index (χ4v) is 3.47. The van der Waals surface area contributed by atoms with Crippen LogP contribution in [0.25, 0.3) is 0 Å². The molecule has 2 atom stereocenters. The Bertz CT molecular complexity index is 410. The fraction of sp³-hybridized carbons (Fsp3) is 0.733. The van der Waals surface area contributed by atoms with Crippen molar-refractivity contribution in [2.75, 3.05) is 0 Å². The van der Waals surface area contributed by atoms with Gasteiger partial charge in [-0.25, -0.2) is 9.69 Å². The molecule has 1 saturated carbocycles. The van der Waals surface area contributed by atoms with Gasteiger partial charge in [0.25, 0.3) is 0 Å². The molecule has 2 fully saturated rings. The number of carbonyl (C=O) groups is 2. The van der Waals surface area contributed by atoms with Crippen LogP contribution >= 0.6 is 0 Å². The fourth-order valence-electron chi connectivity index (χ4n) is 3.47. The molecule has 0 N–H and O–H groups in total. The monoisotopic (exact) mass is 265 g/mol. The van der Waals surface area contributed by atoms with Gasteiger partial charge in [-0.15, -0.1) is 6.58 Å². The van der Waals surface area contributed by atoms with Crippen LogP contribution in [0.3, 0.4) is 0 Å². The highest BCUT2D eigenvalue weighted by atomic mass is 16.6. The highest BCUT2D eigenvalue weighted by molar-refractivity contribution is 5.95. The molecule has 0 unspecified atom stereocenters. The third-order valence-electron chi connectivity index (χ3n) is 4.11. The van der Waals surface area contributed by atoms with E-state index in [0.29, 0.717) is 12.8 Å². The first-order chi connectivity index (χ1) is 8.80. The molecule has 2 amide bonds. The Kier molecular flexibility index (Phi) is 3.45. The minimum atomic E-state index is -0.580. The minimum Gasteiger partial charge on any atom is -0.443 e. The molecule has 4 heteroatoms. The van der Waals surface area contributed by atoms with E-state index >= 15 is 0 Å². The normalized spacial score (nSPS) is 30.4. The quantitative estimate of drug-likeness (QED) is 0.720. The van der Waals surface area contributed by atoms with Crippen LogP contribution in [-0.4, -0.2) is 28.0 Å². The van der Waals surface area contributed by atoms with Crippen LogP contribution in [0.5, 0.6) is 0 Å². The Balaban J connectivity index is 2.28. The molecule has 1 aliphatic heterocycles. The third-order valence-corrected chi connectivity index (χ3v) is 4.11. The highest BCUT2D eigenvalue weighted by Gasteiger charge is 2.57. The first-order valence-electron chi connectivity index (χ1n) is 6.97. The first-order valence-corrected chi connectivity index (χ1v) is 6.97. The van der Waals surface area contributed by atoms with E-state index in [9.17, 15) is 9.59 Å². The van der Waals surface area contributed by atoms with E-state index < -0.39 is 11.7 Å². The number of imide groups is 1. The SMILES string of the molecule is C=CC[C@@]12CCC[C@@H]1CC(=O)N2C(=O)OC(C)(C)C. The van der Waals surface area contributed by atoms with E-state index in [1.165, 1.54) is 4.90 Å². The summed E-state index contributed by atoms with van der Waals surface area (Å²) in [6.45, 7) is 9.23. The zero-order valence-electron chi connectivity index (χ0n) is 12.1. The van der Waals surface area contributed by atoms with Crippen molar-refractivity contribution in [1.29, 1.82) is 0 Å². The van der Waals surface area contributed by atoms with Crippen LogP contribution in [0, 0.1) is 5.92 Å². The Morgan fingerprint density at radius 1 is 1.58 bits per heavy atom. The molecule has 0 bridgehead atoms. The molecule has 4 nitrogen and oxygen atoms in total. The predicted octanol–water partition coefficient (Wildman–Crippen LogP) is 3.27. The summed E-state index contributed by atoms with van der Waals surface area (Å²) < 4.78 is 5.40. The van der Waals surface area contributed by atoms with E-state index in [0.717, 1.165) is 19.3 Å². The van der Waals surface area contributed by atoms with Gasteiger partial charge in [0, 0.05) is 6.42 Å². The minimum absolute atomic E-state index is 0.0965. The van der Waals surface area contributed by atoms with Crippen LogP contribution in [0.4, 0.5) is 4.79 Å². The number of hydrogen-bond acceptors (Lipinski definition) is 3. The maximum atomic E-state index is 12.3. The summed E-state index contributed by atoms with van der Waals surface area (Å²) in [4.78, 5) is 25.9. The topological polar surface area (TPSA) is 46.6 Å². The Labute approximate surface area is 114 Å². The second-order valence-electron chi connectivity index (χ2n) is 6.60. The number of nitrogens with zero attached hydrogens (tertiary/aromatic N) is 1. The van der Waals surface area contributed by atoms with Gasteiger partial charge in [0.1, 0.15) is 5.60 Å². The van der Waals surface area contributed by atoms with Gasteiger partial charge >= 0.3 is 6.09 Å². The molecule has 2 rings (SSSR count). The number of carbonyl (C=O) groups excluding carboxylic acids is 2. The molecule has 1 heterocycles. The van der Waals surface area contributed by atoms with Crippen molar-refractivity contribution >= 4 is 12.0 Å². The molecule has 0 aromatic heterocycles. The zero-order chi connectivity index (χ0) is 14.3. The van der Waals surface area contributed by atoms with E-state index in [1.807, 2.05) is 26.8 Å². The molecule has 0 aromatic carbocycles. The molecule has 106 valence electrons. The summed E-state index contributed by atoms with van der Waals surface area (Å²) in [6, 6.07) is 0. The van der Waals surface area contributed by atoms with Crippen LogP contribution in [0.1, 0.15) is 52.9 Å². The lowest BCUT2D eigenvalue weighted by Crippen LogP contribution is -2.51. The van der Waals surface area contributed by atoms with Gasteiger partial charge in [0.2, 0.25) is 5.91 Å². The summed E-state index contributed by atoms with van der Waals surface area (Å²) in [6.07, 6.45) is 5.39. The van der Waals surface area contributed by atoms with Crippen LogP contribution in [0.2, 0.25) is 0 Å². The number of rotatable bonds is 2. The zero-order valence-corrected chi connectivity index (χ0v) is 12.1. The molecule has 1 aliphatic carbocycles. The summed E-state index contributed by atoms with van der Waals surface area (Å²) in [5.41, 5.74) is -0.954. The molecular weight excluding hydrogens is 242 g/mol. The Hall–Kier alpha value is -1.32. The van der Waals surface area contributed by atoms with Crippen molar-refractivity contribution in [3.8, 4) is 0 Å². The summed E-state index contributed by atoms with van der Waals surface area (Å²) in [5.74, 6) is 0.173. The molecule has 2 aliphatic rings. The maximum Gasteiger partial charge on any atom is 0.417 e. The lowest BCUT2D eigenvalue weighted by Gasteiger charge is -2.37. The third kappa shape index (κ3) is 2.40. The second kappa shape index (κ2) is 4.66. The van der Waals surface area contributed by atoms with Crippen molar-refractivity contribution in [1.82, 2.24) is 4.90 Å². The number of amides is 2. The maximum absolute atomic E-state index is 12.3. The van der Waals surface area contributed by atoms with Crippen molar-refractivity contribution in [3.63, 3.8) is 0 Å². The summed E-state index contributed by atoms with van der Waals surface area (Å²) >= 11 is 0. The van der Waals surface area contributed by atoms with E-state index in [2.05, 4.69) is 6.58 Å². The van der Waals surface area contributed by atoms with Crippen molar-refractivity contribution in [2.45, 2.75) is 64.0 Å². The first kappa shape index (κ1) is 14.1. The van der Waals surface area contributed by atoms with E-state index in [1.54, 1.807) is 0 Å². The van der Waals surface area contributed by atoms with Crippen LogP contribution in [0.15, 0.2) is 12.7 Å². The number of likely N-dealkylation sites (tertiary alicyclic amines) is 1. The molecule has 0 spiro atoms. The van der Waals surface area contributed by atoms with Gasteiger partial charge in [-0.05, 0) is 46.0 Å². The standard InChI is InChI=1S/C15H23NO3/c1-5-8-15-9-6-7-11(15)10-12(17)16(15)13(18)19-14(2,3)4/h5,11H,1,6-10H2,2-4H3/t11-,15-/m1/s1. The van der Waals surface area contributed by atoms with Gasteiger partial charge in [-0.2, -0.15) is 0 Å². The smallest absolute Gasteiger partial charge is 0.417 e. The lowest BCUT2D eigenvalue weighted by molar-refractivity contribution is -0.130. The van der Waals surface area contributed by atoms with Crippen molar-refractivity contribution in [3.05, 3.63) is 12.7 Å². The molecule has 0 aromatic rings. The number of hydrogen-bond donors (Lipinski definition) is 0.